The standard InChI is InChI=1S/C22H24N4O3/c1-16-9-10-19(29-2)18(15-16)25-22(28)21(27)24-11-6-13-26-14-12-23-20(26)17-7-4-3-5-8-17/h3-5,7-10,12,14-15H,6,11,13H2,1-2H3,(H,24,27)(H,25,28). The Balaban J connectivity index is 1.49. The van der Waals surface area contributed by atoms with E-state index >= 15 is 0 Å². The second kappa shape index (κ2) is 9.54. The summed E-state index contributed by atoms with van der Waals surface area (Å²) in [5, 5.41) is 5.25. The molecule has 1 heterocycles. The monoisotopic (exact) mass is 392 g/mol. The summed E-state index contributed by atoms with van der Waals surface area (Å²) < 4.78 is 7.24. The third kappa shape index (κ3) is 5.22. The smallest absolute Gasteiger partial charge is 0.313 e. The molecule has 150 valence electrons. The molecule has 0 aliphatic carbocycles. The molecule has 29 heavy (non-hydrogen) atoms. The summed E-state index contributed by atoms with van der Waals surface area (Å²) in [6, 6.07) is 15.3. The van der Waals surface area contributed by atoms with Crippen LogP contribution in [0, 0.1) is 6.92 Å². The molecule has 7 nitrogen and oxygen atoms in total. The predicted molar refractivity (Wildman–Crippen MR) is 112 cm³/mol. The number of imidazole rings is 1. The Morgan fingerprint density at radius 3 is 2.66 bits per heavy atom. The number of nitrogens with one attached hydrogen (secondary N) is 2. The van der Waals surface area contributed by atoms with Gasteiger partial charge in [0.1, 0.15) is 11.6 Å². The lowest BCUT2D eigenvalue weighted by atomic mass is 10.2. The van der Waals surface area contributed by atoms with Gasteiger partial charge >= 0.3 is 11.8 Å². The number of carbonyl (C=O) groups is 2. The van der Waals surface area contributed by atoms with Gasteiger partial charge < -0.3 is 19.9 Å². The Hall–Kier alpha value is -3.61. The first-order valence-electron chi connectivity index (χ1n) is 9.39. The van der Waals surface area contributed by atoms with Gasteiger partial charge in [-0.3, -0.25) is 9.59 Å². The number of rotatable bonds is 7. The fourth-order valence-corrected chi connectivity index (χ4v) is 2.97. The van der Waals surface area contributed by atoms with Gasteiger partial charge in [-0.15, -0.1) is 0 Å². The van der Waals surface area contributed by atoms with Crippen molar-refractivity contribution in [2.75, 3.05) is 19.0 Å². The summed E-state index contributed by atoms with van der Waals surface area (Å²) in [7, 11) is 1.51. The highest BCUT2D eigenvalue weighted by atomic mass is 16.5. The minimum Gasteiger partial charge on any atom is -0.495 e. The molecule has 1 aromatic heterocycles. The second-order valence-electron chi connectivity index (χ2n) is 6.58. The van der Waals surface area contributed by atoms with E-state index in [0.29, 0.717) is 30.9 Å². The molecular formula is C22H24N4O3. The average molecular weight is 392 g/mol. The number of amides is 2. The zero-order valence-corrected chi connectivity index (χ0v) is 16.5. The Kier molecular flexibility index (Phi) is 6.63. The first kappa shape index (κ1) is 20.1. The van der Waals surface area contributed by atoms with E-state index in [9.17, 15) is 9.59 Å². The summed E-state index contributed by atoms with van der Waals surface area (Å²) in [6.45, 7) is 2.95. The van der Waals surface area contributed by atoms with Crippen molar-refractivity contribution in [1.29, 1.82) is 0 Å². The van der Waals surface area contributed by atoms with Gasteiger partial charge in [0.15, 0.2) is 0 Å². The van der Waals surface area contributed by atoms with Gasteiger partial charge in [0.2, 0.25) is 0 Å². The topological polar surface area (TPSA) is 85.2 Å². The van der Waals surface area contributed by atoms with Crippen LogP contribution in [0.4, 0.5) is 5.69 Å². The van der Waals surface area contributed by atoms with Crippen molar-refractivity contribution in [2.24, 2.45) is 0 Å². The van der Waals surface area contributed by atoms with Crippen LogP contribution in [-0.4, -0.2) is 35.0 Å². The van der Waals surface area contributed by atoms with Gasteiger partial charge in [0.05, 0.1) is 12.8 Å². The molecule has 3 rings (SSSR count). The van der Waals surface area contributed by atoms with Gasteiger partial charge in [-0.2, -0.15) is 0 Å². The number of nitrogens with zero attached hydrogens (tertiary/aromatic N) is 2. The molecule has 7 heteroatoms. The van der Waals surface area contributed by atoms with E-state index in [1.807, 2.05) is 54.1 Å². The number of carbonyl (C=O) groups excluding carboxylic acids is 2. The van der Waals surface area contributed by atoms with Crippen molar-refractivity contribution in [2.45, 2.75) is 19.9 Å². The fraction of sp³-hybridized carbons (Fsp3) is 0.227. The molecule has 0 saturated heterocycles. The summed E-state index contributed by atoms with van der Waals surface area (Å²) in [4.78, 5) is 28.7. The van der Waals surface area contributed by atoms with Crippen molar-refractivity contribution in [3.63, 3.8) is 0 Å². The molecule has 0 saturated carbocycles. The van der Waals surface area contributed by atoms with E-state index in [-0.39, 0.29) is 0 Å². The zero-order chi connectivity index (χ0) is 20.6. The van der Waals surface area contributed by atoms with E-state index < -0.39 is 11.8 Å². The third-order valence-corrected chi connectivity index (χ3v) is 4.42. The quantitative estimate of drug-likeness (QED) is 0.478. The normalized spacial score (nSPS) is 10.4. The minimum absolute atomic E-state index is 0.379. The summed E-state index contributed by atoms with van der Waals surface area (Å²) in [5.41, 5.74) is 2.46. The highest BCUT2D eigenvalue weighted by Gasteiger charge is 2.15. The number of benzene rings is 2. The van der Waals surface area contributed by atoms with E-state index in [1.165, 1.54) is 7.11 Å². The molecule has 0 radical (unpaired) electrons. The van der Waals surface area contributed by atoms with Crippen molar-refractivity contribution >= 4 is 17.5 Å². The Bertz CT molecular complexity index is 983. The van der Waals surface area contributed by atoms with Crippen LogP contribution in [-0.2, 0) is 16.1 Å². The van der Waals surface area contributed by atoms with E-state index in [2.05, 4.69) is 15.6 Å². The summed E-state index contributed by atoms with van der Waals surface area (Å²) in [5.74, 6) is -0.0181. The molecule has 0 spiro atoms. The van der Waals surface area contributed by atoms with Gasteiger partial charge in [0.25, 0.3) is 0 Å². The molecule has 0 bridgehead atoms. The van der Waals surface area contributed by atoms with Gasteiger partial charge in [-0.05, 0) is 31.0 Å². The second-order valence-corrected chi connectivity index (χ2v) is 6.58. The number of methoxy groups -OCH3 is 1. The Morgan fingerprint density at radius 1 is 1.10 bits per heavy atom. The zero-order valence-electron chi connectivity index (χ0n) is 16.5. The van der Waals surface area contributed by atoms with Crippen LogP contribution < -0.4 is 15.4 Å². The number of aryl methyl sites for hydroxylation is 2. The largest absolute Gasteiger partial charge is 0.495 e. The molecule has 3 aromatic rings. The number of aromatic nitrogens is 2. The summed E-state index contributed by atoms with van der Waals surface area (Å²) >= 11 is 0. The Labute approximate surface area is 169 Å². The minimum atomic E-state index is -0.721. The molecule has 0 fully saturated rings. The van der Waals surface area contributed by atoms with Crippen molar-refractivity contribution < 1.29 is 14.3 Å². The molecule has 0 aliphatic heterocycles. The Morgan fingerprint density at radius 2 is 1.90 bits per heavy atom. The first-order chi connectivity index (χ1) is 14.1. The predicted octanol–water partition coefficient (Wildman–Crippen LogP) is 3.01. The highest BCUT2D eigenvalue weighted by molar-refractivity contribution is 6.39. The van der Waals surface area contributed by atoms with Gasteiger partial charge in [0, 0.05) is 31.0 Å². The molecule has 2 N–H and O–H groups in total. The maximum Gasteiger partial charge on any atom is 0.313 e. The average Bonchev–Trinajstić information content (AvgIpc) is 3.20. The maximum absolute atomic E-state index is 12.2. The first-order valence-corrected chi connectivity index (χ1v) is 9.39. The van der Waals surface area contributed by atoms with Gasteiger partial charge in [-0.1, -0.05) is 36.4 Å². The molecule has 0 atom stereocenters. The number of ether oxygens (including phenoxy) is 1. The van der Waals surface area contributed by atoms with Crippen molar-refractivity contribution in [1.82, 2.24) is 14.9 Å². The third-order valence-electron chi connectivity index (χ3n) is 4.42. The fourth-order valence-electron chi connectivity index (χ4n) is 2.97. The lowest BCUT2D eigenvalue weighted by molar-refractivity contribution is -0.136. The lowest BCUT2D eigenvalue weighted by Crippen LogP contribution is -2.36. The summed E-state index contributed by atoms with van der Waals surface area (Å²) in [6.07, 6.45) is 4.33. The van der Waals surface area contributed by atoms with Crippen LogP contribution in [0.1, 0.15) is 12.0 Å². The number of hydrogen-bond donors (Lipinski definition) is 2. The highest BCUT2D eigenvalue weighted by Crippen LogP contribution is 2.25. The molecule has 0 unspecified atom stereocenters. The van der Waals surface area contributed by atoms with Gasteiger partial charge in [-0.25, -0.2) is 4.98 Å². The van der Waals surface area contributed by atoms with Crippen LogP contribution in [0.25, 0.3) is 11.4 Å². The van der Waals surface area contributed by atoms with Crippen molar-refractivity contribution in [3.05, 3.63) is 66.5 Å². The van der Waals surface area contributed by atoms with Crippen LogP contribution in [0.5, 0.6) is 5.75 Å². The molecule has 2 aromatic carbocycles. The van der Waals surface area contributed by atoms with Crippen LogP contribution in [0.3, 0.4) is 0 Å². The molecule has 2 amide bonds. The van der Waals surface area contributed by atoms with E-state index in [4.69, 9.17) is 4.74 Å². The van der Waals surface area contributed by atoms with E-state index in [1.54, 1.807) is 18.3 Å². The van der Waals surface area contributed by atoms with Crippen LogP contribution in [0.2, 0.25) is 0 Å². The molecular weight excluding hydrogens is 368 g/mol. The number of hydrogen-bond acceptors (Lipinski definition) is 4. The van der Waals surface area contributed by atoms with Crippen LogP contribution in [0.15, 0.2) is 60.9 Å². The molecule has 0 aliphatic rings. The lowest BCUT2D eigenvalue weighted by Gasteiger charge is -2.11. The van der Waals surface area contributed by atoms with E-state index in [0.717, 1.165) is 17.0 Å². The van der Waals surface area contributed by atoms with Crippen molar-refractivity contribution in [3.8, 4) is 17.1 Å². The number of anilines is 1. The SMILES string of the molecule is COc1ccc(C)cc1NC(=O)C(=O)NCCCn1ccnc1-c1ccccc1. The maximum atomic E-state index is 12.2. The van der Waals surface area contributed by atoms with Crippen LogP contribution >= 0.6 is 0 Å².